The molecule has 0 bridgehead atoms. The standard InChI is InChI=1S/C13H25F3N4O2S/c14-13(15,16)10-18-23(21,22)19-12-3-6-20(7-4-12)9-11-2-1-5-17-8-11/h11-12,17-19H,1-10H2. The summed E-state index contributed by atoms with van der Waals surface area (Å²) in [6.45, 7) is 3.08. The van der Waals surface area contributed by atoms with Gasteiger partial charge in [-0.3, -0.25) is 0 Å². The van der Waals surface area contributed by atoms with Crippen LogP contribution < -0.4 is 14.8 Å². The quantitative estimate of drug-likeness (QED) is 0.644. The average molecular weight is 358 g/mol. The summed E-state index contributed by atoms with van der Waals surface area (Å²) in [5.74, 6) is 0.630. The van der Waals surface area contributed by atoms with E-state index in [-0.39, 0.29) is 6.04 Å². The van der Waals surface area contributed by atoms with Crippen LogP contribution in [0.25, 0.3) is 0 Å². The van der Waals surface area contributed by atoms with Crippen LogP contribution in [-0.2, 0) is 10.2 Å². The number of hydrogen-bond donors (Lipinski definition) is 3. The van der Waals surface area contributed by atoms with Crippen LogP contribution in [-0.4, -0.2) is 64.8 Å². The van der Waals surface area contributed by atoms with Crippen LogP contribution in [0.5, 0.6) is 0 Å². The van der Waals surface area contributed by atoms with Gasteiger partial charge < -0.3 is 10.2 Å². The third kappa shape index (κ3) is 7.34. The van der Waals surface area contributed by atoms with Crippen LogP contribution in [0.3, 0.4) is 0 Å². The lowest BCUT2D eigenvalue weighted by Crippen LogP contribution is -2.50. The third-order valence-corrected chi connectivity index (χ3v) is 5.46. The van der Waals surface area contributed by atoms with Crippen LogP contribution in [0.1, 0.15) is 25.7 Å². The fraction of sp³-hybridized carbons (Fsp3) is 1.00. The first-order valence-corrected chi connectivity index (χ1v) is 9.48. The zero-order valence-corrected chi connectivity index (χ0v) is 13.8. The van der Waals surface area contributed by atoms with E-state index in [0.717, 1.165) is 32.7 Å². The van der Waals surface area contributed by atoms with Crippen LogP contribution in [0.2, 0.25) is 0 Å². The van der Waals surface area contributed by atoms with E-state index in [9.17, 15) is 21.6 Å². The second-order valence-corrected chi connectivity index (χ2v) is 7.88. The van der Waals surface area contributed by atoms with Crippen molar-refractivity contribution in [3.8, 4) is 0 Å². The van der Waals surface area contributed by atoms with Gasteiger partial charge in [-0.05, 0) is 57.8 Å². The molecule has 136 valence electrons. The number of nitrogens with zero attached hydrogens (tertiary/aromatic N) is 1. The third-order valence-electron chi connectivity index (χ3n) is 4.29. The summed E-state index contributed by atoms with van der Waals surface area (Å²) >= 11 is 0. The van der Waals surface area contributed by atoms with Crippen molar-refractivity contribution in [3.63, 3.8) is 0 Å². The van der Waals surface area contributed by atoms with Crippen LogP contribution in [0.4, 0.5) is 13.2 Å². The zero-order valence-electron chi connectivity index (χ0n) is 13.0. The fourth-order valence-corrected chi connectivity index (χ4v) is 4.23. The Morgan fingerprint density at radius 3 is 2.43 bits per heavy atom. The first-order valence-electron chi connectivity index (χ1n) is 8.00. The molecule has 2 aliphatic heterocycles. The molecule has 10 heteroatoms. The van der Waals surface area contributed by atoms with E-state index in [1.54, 1.807) is 0 Å². The minimum atomic E-state index is -4.55. The van der Waals surface area contributed by atoms with E-state index < -0.39 is 22.9 Å². The lowest BCUT2D eigenvalue weighted by atomic mass is 9.97. The van der Waals surface area contributed by atoms with E-state index in [2.05, 4.69) is 14.9 Å². The SMILES string of the molecule is O=S(=O)(NCC(F)(F)F)NC1CCN(CC2CCCNC2)CC1. The Balaban J connectivity index is 1.69. The molecule has 0 radical (unpaired) electrons. The van der Waals surface area contributed by atoms with Crippen molar-refractivity contribution in [2.45, 2.75) is 37.9 Å². The number of rotatable bonds is 6. The Morgan fingerprint density at radius 1 is 1.17 bits per heavy atom. The number of nitrogens with one attached hydrogen (secondary N) is 3. The molecular formula is C13H25F3N4O2S. The summed E-state index contributed by atoms with van der Waals surface area (Å²) in [5.41, 5.74) is 0. The zero-order chi connectivity index (χ0) is 16.9. The summed E-state index contributed by atoms with van der Waals surface area (Å²) in [6, 6.07) is -0.304. The topological polar surface area (TPSA) is 73.5 Å². The molecule has 0 spiro atoms. The van der Waals surface area contributed by atoms with Crippen molar-refractivity contribution in [3.05, 3.63) is 0 Å². The Kier molecular flexibility index (Phi) is 6.66. The molecule has 2 aliphatic rings. The molecule has 6 nitrogen and oxygen atoms in total. The number of alkyl halides is 3. The van der Waals surface area contributed by atoms with Gasteiger partial charge in [-0.15, -0.1) is 0 Å². The van der Waals surface area contributed by atoms with Crippen molar-refractivity contribution < 1.29 is 21.6 Å². The Morgan fingerprint density at radius 2 is 1.87 bits per heavy atom. The number of halogens is 3. The van der Waals surface area contributed by atoms with Gasteiger partial charge in [0.25, 0.3) is 10.2 Å². The maximum absolute atomic E-state index is 12.1. The second-order valence-electron chi connectivity index (χ2n) is 6.34. The predicted molar refractivity (Wildman–Crippen MR) is 81.2 cm³/mol. The number of likely N-dealkylation sites (tertiary alicyclic amines) is 1. The highest BCUT2D eigenvalue weighted by Gasteiger charge is 2.31. The van der Waals surface area contributed by atoms with Gasteiger partial charge in [0.15, 0.2) is 0 Å². The summed E-state index contributed by atoms with van der Waals surface area (Å²) in [5, 5.41) is 3.37. The lowest BCUT2D eigenvalue weighted by molar-refractivity contribution is -0.121. The van der Waals surface area contributed by atoms with Crippen molar-refractivity contribution in [2.75, 3.05) is 39.3 Å². The normalized spacial score (nSPS) is 25.6. The van der Waals surface area contributed by atoms with Crippen molar-refractivity contribution in [1.82, 2.24) is 19.7 Å². The van der Waals surface area contributed by atoms with Crippen molar-refractivity contribution in [2.24, 2.45) is 5.92 Å². The average Bonchev–Trinajstić information content (AvgIpc) is 2.48. The predicted octanol–water partition coefficient (Wildman–Crippen LogP) is 0.437. The highest BCUT2D eigenvalue weighted by Crippen LogP contribution is 2.17. The number of hydrogen-bond acceptors (Lipinski definition) is 4. The summed E-state index contributed by atoms with van der Waals surface area (Å²) in [4.78, 5) is 2.31. The van der Waals surface area contributed by atoms with Gasteiger partial charge in [0.05, 0.1) is 0 Å². The van der Waals surface area contributed by atoms with Gasteiger partial charge >= 0.3 is 6.18 Å². The molecule has 0 saturated carbocycles. The Labute approximate surface area is 135 Å². The van der Waals surface area contributed by atoms with E-state index in [1.807, 2.05) is 0 Å². The molecule has 1 atom stereocenters. The highest BCUT2D eigenvalue weighted by atomic mass is 32.2. The van der Waals surface area contributed by atoms with E-state index in [4.69, 9.17) is 0 Å². The van der Waals surface area contributed by atoms with Gasteiger partial charge in [0.2, 0.25) is 0 Å². The monoisotopic (exact) mass is 358 g/mol. The van der Waals surface area contributed by atoms with Gasteiger partial charge in [-0.25, -0.2) is 0 Å². The molecule has 3 N–H and O–H groups in total. The molecule has 23 heavy (non-hydrogen) atoms. The minimum Gasteiger partial charge on any atom is -0.316 e. The smallest absolute Gasteiger partial charge is 0.316 e. The molecule has 2 heterocycles. The minimum absolute atomic E-state index is 0.304. The van der Waals surface area contributed by atoms with Crippen LogP contribution in [0, 0.1) is 5.92 Å². The van der Waals surface area contributed by atoms with Crippen molar-refractivity contribution in [1.29, 1.82) is 0 Å². The Bertz CT molecular complexity index is 458. The van der Waals surface area contributed by atoms with Crippen LogP contribution in [0.15, 0.2) is 0 Å². The molecule has 1 unspecified atom stereocenters. The molecule has 0 aliphatic carbocycles. The highest BCUT2D eigenvalue weighted by molar-refractivity contribution is 7.87. The molecule has 2 fully saturated rings. The Hall–Kier alpha value is -0.420. The maximum Gasteiger partial charge on any atom is 0.402 e. The molecule has 0 aromatic heterocycles. The largest absolute Gasteiger partial charge is 0.402 e. The summed E-state index contributed by atoms with van der Waals surface area (Å²) in [6.07, 6.45) is -0.918. The van der Waals surface area contributed by atoms with Gasteiger partial charge in [0, 0.05) is 12.6 Å². The van der Waals surface area contributed by atoms with E-state index >= 15 is 0 Å². The van der Waals surface area contributed by atoms with Crippen molar-refractivity contribution >= 4 is 10.2 Å². The van der Waals surface area contributed by atoms with Gasteiger partial charge in [0.1, 0.15) is 6.54 Å². The molecule has 0 aromatic rings. The fourth-order valence-electron chi connectivity index (χ4n) is 3.12. The van der Waals surface area contributed by atoms with Gasteiger partial charge in [-0.2, -0.15) is 31.0 Å². The summed E-state index contributed by atoms with van der Waals surface area (Å²) < 4.78 is 63.3. The molecule has 0 amide bonds. The van der Waals surface area contributed by atoms with Gasteiger partial charge in [-0.1, -0.05) is 0 Å². The molecular weight excluding hydrogens is 333 g/mol. The first-order chi connectivity index (χ1) is 10.7. The maximum atomic E-state index is 12.1. The van der Waals surface area contributed by atoms with E-state index in [1.165, 1.54) is 17.6 Å². The molecule has 0 aromatic carbocycles. The van der Waals surface area contributed by atoms with E-state index in [0.29, 0.717) is 18.8 Å². The summed E-state index contributed by atoms with van der Waals surface area (Å²) in [7, 11) is -4.11. The first kappa shape index (κ1) is 18.9. The number of piperidine rings is 2. The molecule has 2 rings (SSSR count). The molecule has 2 saturated heterocycles. The van der Waals surface area contributed by atoms with Crippen LogP contribution >= 0.6 is 0 Å². The lowest BCUT2D eigenvalue weighted by Gasteiger charge is -2.35. The second kappa shape index (κ2) is 8.11.